The lowest BCUT2D eigenvalue weighted by atomic mass is 9.97. The van der Waals surface area contributed by atoms with Crippen LogP contribution in [0.25, 0.3) is 0 Å². The van der Waals surface area contributed by atoms with Gasteiger partial charge in [-0.05, 0) is 12.0 Å². The van der Waals surface area contributed by atoms with Gasteiger partial charge in [0.15, 0.2) is 0 Å². The quantitative estimate of drug-likeness (QED) is 0.600. The maximum absolute atomic E-state index is 5.66. The maximum Gasteiger partial charge on any atom is 0.0671 e. The summed E-state index contributed by atoms with van der Waals surface area (Å²) in [5.74, 6) is 0.626. The number of ether oxygens (including phenoxy) is 1. The van der Waals surface area contributed by atoms with E-state index in [1.165, 1.54) is 12.0 Å². The molecule has 1 saturated heterocycles. The molecule has 1 aliphatic rings. The van der Waals surface area contributed by atoms with Gasteiger partial charge in [-0.2, -0.15) is 0 Å². The molecule has 1 nitrogen and oxygen atoms in total. The summed E-state index contributed by atoms with van der Waals surface area (Å²) in [5, 5.41) is 0. The van der Waals surface area contributed by atoms with Crippen LogP contribution in [0.5, 0.6) is 0 Å². The average molecular weight is 288 g/mol. The Labute approximate surface area is 92.6 Å². The summed E-state index contributed by atoms with van der Waals surface area (Å²) in [6, 6.07) is 10.7. The molecule has 70 valence electrons. The van der Waals surface area contributed by atoms with E-state index in [4.69, 9.17) is 4.74 Å². The van der Waals surface area contributed by atoms with E-state index in [0.717, 1.165) is 11.0 Å². The Morgan fingerprint density at radius 2 is 2.08 bits per heavy atom. The molecule has 13 heavy (non-hydrogen) atoms. The van der Waals surface area contributed by atoms with Crippen LogP contribution < -0.4 is 0 Å². The third-order valence-electron chi connectivity index (χ3n) is 2.52. The van der Waals surface area contributed by atoms with Gasteiger partial charge in [0.05, 0.1) is 12.7 Å². The number of rotatable bonds is 2. The van der Waals surface area contributed by atoms with E-state index in [-0.39, 0.29) is 0 Å². The molecule has 2 heteroatoms. The number of alkyl halides is 1. The first-order valence-electron chi connectivity index (χ1n) is 4.62. The molecule has 2 rings (SSSR count). The van der Waals surface area contributed by atoms with Gasteiger partial charge in [0.25, 0.3) is 0 Å². The molecule has 0 radical (unpaired) electrons. The fourth-order valence-electron chi connectivity index (χ4n) is 1.77. The first-order valence-corrected chi connectivity index (χ1v) is 6.15. The SMILES string of the molecule is ICC1CC(c2ccccc2)CO1. The van der Waals surface area contributed by atoms with Crippen LogP contribution in [0.4, 0.5) is 0 Å². The Hall–Kier alpha value is -0.0900. The lowest BCUT2D eigenvalue weighted by molar-refractivity contribution is 0.129. The minimum atomic E-state index is 0.478. The second-order valence-corrected chi connectivity index (χ2v) is 4.33. The topological polar surface area (TPSA) is 9.23 Å². The van der Waals surface area contributed by atoms with Crippen LogP contribution in [0.3, 0.4) is 0 Å². The van der Waals surface area contributed by atoms with Crippen molar-refractivity contribution in [1.29, 1.82) is 0 Å². The highest BCUT2D eigenvalue weighted by Gasteiger charge is 2.25. The lowest BCUT2D eigenvalue weighted by Crippen LogP contribution is -2.05. The normalized spacial score (nSPS) is 27.8. The van der Waals surface area contributed by atoms with Gasteiger partial charge in [0.2, 0.25) is 0 Å². The van der Waals surface area contributed by atoms with Crippen molar-refractivity contribution >= 4 is 22.6 Å². The average Bonchev–Trinajstić information content (AvgIpc) is 2.67. The second-order valence-electron chi connectivity index (χ2n) is 3.45. The minimum Gasteiger partial charge on any atom is -0.377 e. The molecule has 0 amide bonds. The largest absolute Gasteiger partial charge is 0.377 e. The Balaban J connectivity index is 2.04. The lowest BCUT2D eigenvalue weighted by Gasteiger charge is -2.06. The van der Waals surface area contributed by atoms with E-state index >= 15 is 0 Å². The third kappa shape index (κ3) is 2.23. The van der Waals surface area contributed by atoms with Crippen LogP contribution >= 0.6 is 22.6 Å². The fraction of sp³-hybridized carbons (Fsp3) is 0.455. The van der Waals surface area contributed by atoms with Crippen molar-refractivity contribution in [3.8, 4) is 0 Å². The molecule has 1 fully saturated rings. The van der Waals surface area contributed by atoms with Crippen molar-refractivity contribution in [1.82, 2.24) is 0 Å². The first kappa shape index (κ1) is 9.46. The zero-order valence-electron chi connectivity index (χ0n) is 7.45. The van der Waals surface area contributed by atoms with Gasteiger partial charge >= 0.3 is 0 Å². The van der Waals surface area contributed by atoms with E-state index in [9.17, 15) is 0 Å². The highest BCUT2D eigenvalue weighted by atomic mass is 127. The molecular weight excluding hydrogens is 275 g/mol. The highest BCUT2D eigenvalue weighted by Crippen LogP contribution is 2.29. The summed E-state index contributed by atoms with van der Waals surface area (Å²) < 4.78 is 6.77. The van der Waals surface area contributed by atoms with Gasteiger partial charge in [-0.15, -0.1) is 0 Å². The Morgan fingerprint density at radius 3 is 2.69 bits per heavy atom. The van der Waals surface area contributed by atoms with Crippen molar-refractivity contribution in [2.24, 2.45) is 0 Å². The first-order chi connectivity index (χ1) is 6.40. The predicted molar refractivity (Wildman–Crippen MR) is 62.4 cm³/mol. The summed E-state index contributed by atoms with van der Waals surface area (Å²) in [7, 11) is 0. The zero-order chi connectivity index (χ0) is 9.10. The Kier molecular flexibility index (Phi) is 3.22. The molecule has 1 aromatic rings. The van der Waals surface area contributed by atoms with Gasteiger partial charge in [0, 0.05) is 10.3 Å². The van der Waals surface area contributed by atoms with Gasteiger partial charge in [-0.1, -0.05) is 52.9 Å². The van der Waals surface area contributed by atoms with Crippen molar-refractivity contribution < 1.29 is 4.74 Å². The van der Waals surface area contributed by atoms with Crippen molar-refractivity contribution in [3.05, 3.63) is 35.9 Å². The number of hydrogen-bond donors (Lipinski definition) is 0. The van der Waals surface area contributed by atoms with Crippen LogP contribution in [-0.4, -0.2) is 17.1 Å². The third-order valence-corrected chi connectivity index (χ3v) is 3.51. The molecule has 1 aliphatic heterocycles. The van der Waals surface area contributed by atoms with E-state index in [1.807, 2.05) is 0 Å². The second kappa shape index (κ2) is 4.42. The predicted octanol–water partition coefficient (Wildman–Crippen LogP) is 2.99. The highest BCUT2D eigenvalue weighted by molar-refractivity contribution is 14.1. The molecule has 2 unspecified atom stereocenters. The van der Waals surface area contributed by atoms with E-state index in [0.29, 0.717) is 12.0 Å². The van der Waals surface area contributed by atoms with E-state index in [1.54, 1.807) is 0 Å². The number of benzene rings is 1. The molecule has 0 aliphatic carbocycles. The smallest absolute Gasteiger partial charge is 0.0671 e. The molecule has 0 bridgehead atoms. The summed E-state index contributed by atoms with van der Waals surface area (Å²) >= 11 is 2.39. The fourth-order valence-corrected chi connectivity index (χ4v) is 2.38. The van der Waals surface area contributed by atoms with Crippen molar-refractivity contribution in [3.63, 3.8) is 0 Å². The van der Waals surface area contributed by atoms with Crippen molar-refractivity contribution in [2.45, 2.75) is 18.4 Å². The molecule has 0 N–H and O–H groups in total. The standard InChI is InChI=1S/C11H13IO/c12-7-11-6-10(8-13-11)9-4-2-1-3-5-9/h1-5,10-11H,6-8H2. The minimum absolute atomic E-state index is 0.478. The zero-order valence-corrected chi connectivity index (χ0v) is 9.61. The van der Waals surface area contributed by atoms with Crippen LogP contribution in [0.1, 0.15) is 17.9 Å². The van der Waals surface area contributed by atoms with Crippen LogP contribution in [0, 0.1) is 0 Å². The molecule has 2 atom stereocenters. The maximum atomic E-state index is 5.66. The van der Waals surface area contributed by atoms with Gasteiger partial charge in [0.1, 0.15) is 0 Å². The van der Waals surface area contributed by atoms with Crippen LogP contribution in [-0.2, 0) is 4.74 Å². The molecule has 0 aromatic heterocycles. The van der Waals surface area contributed by atoms with E-state index < -0.39 is 0 Å². The monoisotopic (exact) mass is 288 g/mol. The molecule has 0 spiro atoms. The van der Waals surface area contributed by atoms with E-state index in [2.05, 4.69) is 52.9 Å². The van der Waals surface area contributed by atoms with Gasteiger partial charge in [-0.25, -0.2) is 0 Å². The summed E-state index contributed by atoms with van der Waals surface area (Å²) in [6.45, 7) is 0.900. The molecule has 0 saturated carbocycles. The summed E-state index contributed by atoms with van der Waals surface area (Å²) in [4.78, 5) is 0. The molecule has 1 aromatic carbocycles. The Morgan fingerprint density at radius 1 is 1.31 bits per heavy atom. The van der Waals surface area contributed by atoms with Crippen LogP contribution in [0.15, 0.2) is 30.3 Å². The van der Waals surface area contributed by atoms with Gasteiger partial charge < -0.3 is 4.74 Å². The Bertz CT molecular complexity index is 260. The molecule has 1 heterocycles. The number of hydrogen-bond acceptors (Lipinski definition) is 1. The number of halogens is 1. The summed E-state index contributed by atoms with van der Waals surface area (Å²) in [6.07, 6.45) is 1.67. The van der Waals surface area contributed by atoms with Crippen molar-refractivity contribution in [2.75, 3.05) is 11.0 Å². The molecular formula is C11H13IO. The van der Waals surface area contributed by atoms with Crippen LogP contribution in [0.2, 0.25) is 0 Å². The van der Waals surface area contributed by atoms with Gasteiger partial charge in [-0.3, -0.25) is 0 Å². The summed E-state index contributed by atoms with van der Waals surface area (Å²) in [5.41, 5.74) is 1.43.